The molecule has 0 bridgehead atoms. The Balaban J connectivity index is 3.29. The van der Waals surface area contributed by atoms with E-state index in [1.807, 2.05) is 0 Å². The van der Waals surface area contributed by atoms with Gasteiger partial charge in [-0.05, 0) is 36.0 Å². The molecular formula is C12H17Cl. The minimum atomic E-state index is 0.208. The highest BCUT2D eigenvalue weighted by atomic mass is 35.5. The third-order valence-corrected chi connectivity index (χ3v) is 2.90. The lowest BCUT2D eigenvalue weighted by Gasteiger charge is -2.21. The maximum Gasteiger partial charge on any atom is 0.0464 e. The van der Waals surface area contributed by atoms with Crippen LogP contribution in [0.4, 0.5) is 0 Å². The average Bonchev–Trinajstić information content (AvgIpc) is 1.97. The molecule has 0 atom stereocenters. The minimum Gasteiger partial charge on any atom is -0.0838 e. The summed E-state index contributed by atoms with van der Waals surface area (Å²) in [7, 11) is 0. The summed E-state index contributed by atoms with van der Waals surface area (Å²) in [6.07, 6.45) is 0. The first-order chi connectivity index (χ1) is 5.82. The van der Waals surface area contributed by atoms with Crippen LogP contribution in [0.3, 0.4) is 0 Å². The van der Waals surface area contributed by atoms with Gasteiger partial charge in [0.15, 0.2) is 0 Å². The summed E-state index contributed by atoms with van der Waals surface area (Å²) < 4.78 is 0. The van der Waals surface area contributed by atoms with Crippen molar-refractivity contribution in [2.45, 2.75) is 40.0 Å². The van der Waals surface area contributed by atoms with Gasteiger partial charge in [0.05, 0.1) is 0 Å². The van der Waals surface area contributed by atoms with E-state index in [0.717, 1.165) is 5.02 Å². The van der Waals surface area contributed by atoms with Crippen LogP contribution in [0.25, 0.3) is 0 Å². The van der Waals surface area contributed by atoms with Crippen LogP contribution < -0.4 is 0 Å². The number of halogens is 1. The second-order valence-corrected chi connectivity index (χ2v) is 5.05. The van der Waals surface area contributed by atoms with Crippen LogP contribution in [0.2, 0.25) is 5.02 Å². The van der Waals surface area contributed by atoms with Crippen molar-refractivity contribution >= 4 is 11.6 Å². The highest BCUT2D eigenvalue weighted by molar-refractivity contribution is 6.32. The van der Waals surface area contributed by atoms with E-state index in [-0.39, 0.29) is 5.41 Å². The van der Waals surface area contributed by atoms with E-state index in [4.69, 9.17) is 11.6 Å². The molecule has 0 unspecified atom stereocenters. The van der Waals surface area contributed by atoms with Gasteiger partial charge in [0, 0.05) is 5.02 Å². The molecule has 0 fully saturated rings. The van der Waals surface area contributed by atoms with Crippen molar-refractivity contribution in [3.05, 3.63) is 33.8 Å². The Morgan fingerprint density at radius 3 is 1.69 bits per heavy atom. The molecular weight excluding hydrogens is 180 g/mol. The fourth-order valence-corrected chi connectivity index (χ4v) is 1.49. The van der Waals surface area contributed by atoms with E-state index in [2.05, 4.69) is 46.8 Å². The quantitative estimate of drug-likeness (QED) is 0.582. The standard InChI is InChI=1S/C12H17Cl/c1-8-6-10(12(3,4)5)7-9(2)11(8)13/h6-7H,1-5H3. The summed E-state index contributed by atoms with van der Waals surface area (Å²) in [5.41, 5.74) is 3.91. The van der Waals surface area contributed by atoms with Crippen LogP contribution in [-0.2, 0) is 5.41 Å². The lowest BCUT2D eigenvalue weighted by molar-refractivity contribution is 0.589. The van der Waals surface area contributed by atoms with Crippen LogP contribution in [0.1, 0.15) is 37.5 Å². The Bertz CT molecular complexity index is 295. The van der Waals surface area contributed by atoms with Crippen molar-refractivity contribution in [2.24, 2.45) is 0 Å². The maximum absolute atomic E-state index is 6.10. The second kappa shape index (κ2) is 3.34. The van der Waals surface area contributed by atoms with Gasteiger partial charge in [0.2, 0.25) is 0 Å². The van der Waals surface area contributed by atoms with Gasteiger partial charge in [-0.3, -0.25) is 0 Å². The molecule has 72 valence electrons. The molecule has 0 amide bonds. The van der Waals surface area contributed by atoms with Gasteiger partial charge in [-0.1, -0.05) is 44.5 Å². The van der Waals surface area contributed by atoms with E-state index in [9.17, 15) is 0 Å². The van der Waals surface area contributed by atoms with Gasteiger partial charge >= 0.3 is 0 Å². The molecule has 0 N–H and O–H groups in total. The Labute approximate surface area is 85.9 Å². The minimum absolute atomic E-state index is 0.208. The molecule has 1 rings (SSSR count). The second-order valence-electron chi connectivity index (χ2n) is 4.67. The Kier molecular flexibility index (Phi) is 2.72. The van der Waals surface area contributed by atoms with Crippen molar-refractivity contribution in [3.63, 3.8) is 0 Å². The lowest BCUT2D eigenvalue weighted by Crippen LogP contribution is -2.11. The number of benzene rings is 1. The maximum atomic E-state index is 6.10. The van der Waals surface area contributed by atoms with Crippen molar-refractivity contribution in [3.8, 4) is 0 Å². The van der Waals surface area contributed by atoms with E-state index in [1.54, 1.807) is 0 Å². The van der Waals surface area contributed by atoms with E-state index < -0.39 is 0 Å². The average molecular weight is 197 g/mol. The number of aryl methyl sites for hydroxylation is 2. The van der Waals surface area contributed by atoms with E-state index in [0.29, 0.717) is 0 Å². The molecule has 0 saturated carbocycles. The number of hydrogen-bond donors (Lipinski definition) is 0. The van der Waals surface area contributed by atoms with Crippen molar-refractivity contribution in [2.75, 3.05) is 0 Å². The molecule has 0 heterocycles. The molecule has 1 heteroatoms. The first kappa shape index (κ1) is 10.6. The molecule has 1 aromatic carbocycles. The zero-order valence-corrected chi connectivity index (χ0v) is 9.79. The predicted molar refractivity (Wildman–Crippen MR) is 59.6 cm³/mol. The summed E-state index contributed by atoms with van der Waals surface area (Å²) in [4.78, 5) is 0. The van der Waals surface area contributed by atoms with Gasteiger partial charge in [-0.15, -0.1) is 0 Å². The summed E-state index contributed by atoms with van der Waals surface area (Å²) in [6.45, 7) is 10.8. The third kappa shape index (κ3) is 2.25. The van der Waals surface area contributed by atoms with Crippen molar-refractivity contribution < 1.29 is 0 Å². The summed E-state index contributed by atoms with van der Waals surface area (Å²) in [6, 6.07) is 4.35. The SMILES string of the molecule is Cc1cc(C(C)(C)C)cc(C)c1Cl. The fourth-order valence-electron chi connectivity index (χ4n) is 1.38. The van der Waals surface area contributed by atoms with Crippen LogP contribution in [0.15, 0.2) is 12.1 Å². The normalized spacial score (nSPS) is 11.8. The lowest BCUT2D eigenvalue weighted by atomic mass is 9.85. The zero-order valence-electron chi connectivity index (χ0n) is 9.03. The third-order valence-electron chi connectivity index (χ3n) is 2.30. The van der Waals surface area contributed by atoms with E-state index in [1.165, 1.54) is 16.7 Å². The predicted octanol–water partition coefficient (Wildman–Crippen LogP) is 4.25. The Morgan fingerprint density at radius 2 is 1.38 bits per heavy atom. The van der Waals surface area contributed by atoms with Crippen molar-refractivity contribution in [1.82, 2.24) is 0 Å². The van der Waals surface area contributed by atoms with Crippen molar-refractivity contribution in [1.29, 1.82) is 0 Å². The molecule has 0 aliphatic rings. The molecule has 0 saturated heterocycles. The first-order valence-electron chi connectivity index (χ1n) is 4.59. The van der Waals surface area contributed by atoms with Gasteiger partial charge in [-0.25, -0.2) is 0 Å². The monoisotopic (exact) mass is 196 g/mol. The van der Waals surface area contributed by atoms with Crippen LogP contribution in [0, 0.1) is 13.8 Å². The molecule has 0 aliphatic carbocycles. The summed E-state index contributed by atoms with van der Waals surface area (Å²) in [5.74, 6) is 0. The summed E-state index contributed by atoms with van der Waals surface area (Å²) >= 11 is 6.10. The molecule has 0 spiro atoms. The smallest absolute Gasteiger partial charge is 0.0464 e. The molecule has 0 nitrogen and oxygen atoms in total. The van der Waals surface area contributed by atoms with Gasteiger partial charge < -0.3 is 0 Å². The Hall–Kier alpha value is -0.490. The summed E-state index contributed by atoms with van der Waals surface area (Å²) in [5, 5.41) is 0.896. The molecule has 13 heavy (non-hydrogen) atoms. The molecule has 0 radical (unpaired) electrons. The van der Waals surface area contributed by atoms with E-state index >= 15 is 0 Å². The van der Waals surface area contributed by atoms with Gasteiger partial charge in [0.25, 0.3) is 0 Å². The zero-order chi connectivity index (χ0) is 10.2. The van der Waals surface area contributed by atoms with Crippen LogP contribution >= 0.6 is 11.6 Å². The highest BCUT2D eigenvalue weighted by Crippen LogP contribution is 2.28. The number of rotatable bonds is 0. The topological polar surface area (TPSA) is 0 Å². The molecule has 0 aliphatic heterocycles. The largest absolute Gasteiger partial charge is 0.0838 e. The van der Waals surface area contributed by atoms with Gasteiger partial charge in [-0.2, -0.15) is 0 Å². The Morgan fingerprint density at radius 1 is 1.00 bits per heavy atom. The number of hydrogen-bond acceptors (Lipinski definition) is 0. The van der Waals surface area contributed by atoms with Crippen LogP contribution in [0.5, 0.6) is 0 Å². The van der Waals surface area contributed by atoms with Gasteiger partial charge in [0.1, 0.15) is 0 Å². The highest BCUT2D eigenvalue weighted by Gasteiger charge is 2.15. The molecule has 1 aromatic rings. The van der Waals surface area contributed by atoms with Crippen LogP contribution in [-0.4, -0.2) is 0 Å². The molecule has 0 aromatic heterocycles. The fraction of sp³-hybridized carbons (Fsp3) is 0.500. The first-order valence-corrected chi connectivity index (χ1v) is 4.97.